The van der Waals surface area contributed by atoms with Crippen LogP contribution in [0.2, 0.25) is 0 Å². The highest BCUT2D eigenvalue weighted by Crippen LogP contribution is 2.35. The molecule has 7 heteroatoms. The van der Waals surface area contributed by atoms with E-state index < -0.39 is 0 Å². The van der Waals surface area contributed by atoms with E-state index in [0.717, 1.165) is 35.3 Å². The van der Waals surface area contributed by atoms with Gasteiger partial charge in [0.15, 0.2) is 0 Å². The quantitative estimate of drug-likeness (QED) is 0.269. The van der Waals surface area contributed by atoms with Crippen LogP contribution >= 0.6 is 0 Å². The lowest BCUT2D eigenvalue weighted by Gasteiger charge is -2.19. The van der Waals surface area contributed by atoms with Gasteiger partial charge in [-0.1, -0.05) is 66.7 Å². The van der Waals surface area contributed by atoms with Gasteiger partial charge in [0.2, 0.25) is 5.95 Å². The van der Waals surface area contributed by atoms with Crippen LogP contribution in [0.5, 0.6) is 5.75 Å². The SMILES string of the molecule is COc1cccc(C2CCC(Cn3c(NC(=O)c4ccccc4)nc4cc(-c5ccccc5)ccc4c3=O)O2)c1. The number of hydrogen-bond acceptors (Lipinski definition) is 5. The van der Waals surface area contributed by atoms with E-state index in [1.807, 2.05) is 72.8 Å². The van der Waals surface area contributed by atoms with E-state index in [2.05, 4.69) is 5.32 Å². The van der Waals surface area contributed by atoms with Gasteiger partial charge in [0.05, 0.1) is 36.8 Å². The van der Waals surface area contributed by atoms with E-state index in [1.54, 1.807) is 37.4 Å². The second kappa shape index (κ2) is 11.2. The lowest BCUT2D eigenvalue weighted by Crippen LogP contribution is -2.31. The lowest BCUT2D eigenvalue weighted by molar-refractivity contribution is 0.0346. The Labute approximate surface area is 232 Å². The molecule has 0 spiro atoms. The second-order valence-corrected chi connectivity index (χ2v) is 9.87. The molecule has 1 aliphatic rings. The maximum atomic E-state index is 13.8. The number of rotatable bonds is 7. The van der Waals surface area contributed by atoms with Crippen molar-refractivity contribution in [1.82, 2.24) is 9.55 Å². The number of methoxy groups -OCH3 is 1. The number of ether oxygens (including phenoxy) is 2. The largest absolute Gasteiger partial charge is 0.497 e. The van der Waals surface area contributed by atoms with Crippen LogP contribution in [0, 0.1) is 0 Å². The van der Waals surface area contributed by atoms with Gasteiger partial charge in [-0.05, 0) is 65.9 Å². The Morgan fingerprint density at radius 3 is 2.48 bits per heavy atom. The minimum absolute atomic E-state index is 0.0972. The number of benzene rings is 4. The average molecular weight is 532 g/mol. The van der Waals surface area contributed by atoms with Gasteiger partial charge in [-0.2, -0.15) is 0 Å². The molecule has 1 saturated heterocycles. The molecule has 5 aromatic rings. The van der Waals surface area contributed by atoms with Crippen LogP contribution in [-0.4, -0.2) is 28.7 Å². The van der Waals surface area contributed by atoms with Gasteiger partial charge < -0.3 is 9.47 Å². The molecule has 2 heterocycles. The van der Waals surface area contributed by atoms with Crippen molar-refractivity contribution in [3.63, 3.8) is 0 Å². The Morgan fingerprint density at radius 2 is 1.70 bits per heavy atom. The van der Waals surface area contributed by atoms with Gasteiger partial charge >= 0.3 is 0 Å². The molecule has 1 amide bonds. The van der Waals surface area contributed by atoms with Crippen molar-refractivity contribution in [3.8, 4) is 16.9 Å². The number of carbonyl (C=O) groups is 1. The molecule has 1 fully saturated rings. The molecule has 40 heavy (non-hydrogen) atoms. The van der Waals surface area contributed by atoms with E-state index in [9.17, 15) is 9.59 Å². The Bertz CT molecular complexity index is 1720. The molecule has 0 aliphatic carbocycles. The highest BCUT2D eigenvalue weighted by atomic mass is 16.5. The molecule has 0 bridgehead atoms. The Balaban J connectivity index is 1.35. The maximum absolute atomic E-state index is 13.8. The Hall–Kier alpha value is -4.75. The Kier molecular flexibility index (Phi) is 7.12. The third kappa shape index (κ3) is 5.24. The molecule has 2 unspecified atom stereocenters. The molecular weight excluding hydrogens is 502 g/mol. The molecule has 1 aromatic heterocycles. The number of fused-ring (bicyclic) bond motifs is 1. The first-order chi connectivity index (χ1) is 19.6. The summed E-state index contributed by atoms with van der Waals surface area (Å²) in [5, 5.41) is 3.38. The summed E-state index contributed by atoms with van der Waals surface area (Å²) >= 11 is 0. The fourth-order valence-electron chi connectivity index (χ4n) is 5.19. The summed E-state index contributed by atoms with van der Waals surface area (Å²) in [5.41, 5.74) is 3.79. The fourth-order valence-corrected chi connectivity index (χ4v) is 5.19. The summed E-state index contributed by atoms with van der Waals surface area (Å²) in [6.07, 6.45) is 1.27. The van der Waals surface area contributed by atoms with Gasteiger partial charge in [-0.15, -0.1) is 0 Å². The van der Waals surface area contributed by atoms with E-state index in [1.165, 1.54) is 4.57 Å². The minimum atomic E-state index is -0.332. The molecule has 1 N–H and O–H groups in total. The van der Waals surface area contributed by atoms with E-state index in [-0.39, 0.29) is 36.2 Å². The normalized spacial score (nSPS) is 16.6. The van der Waals surface area contributed by atoms with E-state index in [0.29, 0.717) is 16.5 Å². The van der Waals surface area contributed by atoms with Gasteiger partial charge in [0.1, 0.15) is 5.75 Å². The van der Waals surface area contributed by atoms with E-state index in [4.69, 9.17) is 14.5 Å². The zero-order chi connectivity index (χ0) is 27.5. The Morgan fingerprint density at radius 1 is 0.925 bits per heavy atom. The van der Waals surface area contributed by atoms with Crippen LogP contribution in [0.3, 0.4) is 0 Å². The summed E-state index contributed by atoms with van der Waals surface area (Å²) in [5.74, 6) is 0.645. The summed E-state index contributed by atoms with van der Waals surface area (Å²) in [6, 6.07) is 32.3. The first-order valence-electron chi connectivity index (χ1n) is 13.3. The standard InChI is InChI=1S/C33H29N3O4/c1-39-26-14-8-13-25(19-26)30-18-16-27(40-30)21-36-32(38)28-17-15-24(22-9-4-2-5-10-22)20-29(28)34-33(36)35-31(37)23-11-6-3-7-12-23/h2-15,17,19-20,27,30H,16,18,21H2,1H3,(H,34,35,37). The molecule has 0 radical (unpaired) electrons. The number of nitrogens with zero attached hydrogens (tertiary/aromatic N) is 2. The van der Waals surface area contributed by atoms with Crippen molar-refractivity contribution in [3.05, 3.63) is 125 Å². The molecule has 7 nitrogen and oxygen atoms in total. The molecule has 4 aromatic carbocycles. The van der Waals surface area contributed by atoms with Crippen molar-refractivity contribution in [2.75, 3.05) is 12.4 Å². The van der Waals surface area contributed by atoms with Crippen molar-refractivity contribution in [2.45, 2.75) is 31.6 Å². The van der Waals surface area contributed by atoms with E-state index >= 15 is 0 Å². The van der Waals surface area contributed by atoms with Crippen molar-refractivity contribution in [1.29, 1.82) is 0 Å². The van der Waals surface area contributed by atoms with Crippen LogP contribution in [0.4, 0.5) is 5.95 Å². The van der Waals surface area contributed by atoms with Gasteiger partial charge in [0.25, 0.3) is 11.5 Å². The first kappa shape index (κ1) is 25.5. The van der Waals surface area contributed by atoms with Crippen LogP contribution in [0.25, 0.3) is 22.0 Å². The summed E-state index contributed by atoms with van der Waals surface area (Å²) in [4.78, 5) is 31.8. The van der Waals surface area contributed by atoms with Crippen molar-refractivity contribution >= 4 is 22.8 Å². The zero-order valence-electron chi connectivity index (χ0n) is 22.1. The number of amides is 1. The molecule has 200 valence electrons. The summed E-state index contributed by atoms with van der Waals surface area (Å²) < 4.78 is 13.3. The zero-order valence-corrected chi connectivity index (χ0v) is 22.1. The van der Waals surface area contributed by atoms with Crippen molar-refractivity contribution in [2.24, 2.45) is 0 Å². The number of aromatic nitrogens is 2. The third-order valence-electron chi connectivity index (χ3n) is 7.28. The van der Waals surface area contributed by atoms with Crippen LogP contribution in [0.15, 0.2) is 108 Å². The second-order valence-electron chi connectivity index (χ2n) is 9.87. The number of nitrogens with one attached hydrogen (secondary N) is 1. The lowest BCUT2D eigenvalue weighted by atomic mass is 10.0. The first-order valence-corrected chi connectivity index (χ1v) is 13.3. The maximum Gasteiger partial charge on any atom is 0.262 e. The van der Waals surface area contributed by atoms with Crippen molar-refractivity contribution < 1.29 is 14.3 Å². The molecule has 1 aliphatic heterocycles. The van der Waals surface area contributed by atoms with Gasteiger partial charge in [-0.25, -0.2) is 4.98 Å². The van der Waals surface area contributed by atoms with Gasteiger partial charge in [0, 0.05) is 5.56 Å². The average Bonchev–Trinajstić information content (AvgIpc) is 3.48. The van der Waals surface area contributed by atoms with Crippen LogP contribution in [-0.2, 0) is 11.3 Å². The predicted molar refractivity (Wildman–Crippen MR) is 156 cm³/mol. The third-order valence-corrected chi connectivity index (χ3v) is 7.28. The number of hydrogen-bond donors (Lipinski definition) is 1. The van der Waals surface area contributed by atoms with Gasteiger partial charge in [-0.3, -0.25) is 19.5 Å². The molecular formula is C33H29N3O4. The number of carbonyl (C=O) groups excluding carboxylic acids is 1. The molecule has 2 atom stereocenters. The highest BCUT2D eigenvalue weighted by Gasteiger charge is 2.29. The van der Waals surface area contributed by atoms with Crippen LogP contribution in [0.1, 0.15) is 34.9 Å². The monoisotopic (exact) mass is 531 g/mol. The summed E-state index contributed by atoms with van der Waals surface area (Å²) in [6.45, 7) is 0.271. The minimum Gasteiger partial charge on any atom is -0.497 e. The predicted octanol–water partition coefficient (Wildman–Crippen LogP) is 6.24. The molecule has 6 rings (SSSR count). The topological polar surface area (TPSA) is 82.5 Å². The smallest absolute Gasteiger partial charge is 0.262 e. The number of anilines is 1. The molecule has 0 saturated carbocycles. The fraction of sp³-hybridized carbons (Fsp3) is 0.182. The van der Waals surface area contributed by atoms with Crippen LogP contribution < -0.4 is 15.6 Å². The highest BCUT2D eigenvalue weighted by molar-refractivity contribution is 6.03. The summed E-state index contributed by atoms with van der Waals surface area (Å²) in [7, 11) is 1.64.